The minimum atomic E-state index is -1.30. The highest BCUT2D eigenvalue weighted by Crippen LogP contribution is 2.40. The average molecular weight is 640 g/mol. The number of benzene rings is 2. The molecule has 0 amide bonds. The number of esters is 2. The Hall–Kier alpha value is -5.47. The van der Waals surface area contributed by atoms with E-state index in [2.05, 4.69) is 9.98 Å². The van der Waals surface area contributed by atoms with Gasteiger partial charge in [0.1, 0.15) is 35.2 Å². The van der Waals surface area contributed by atoms with E-state index in [1.54, 1.807) is 13.1 Å². The van der Waals surface area contributed by atoms with Gasteiger partial charge in [-0.25, -0.2) is 9.37 Å². The molecular formula is C31H31F2N5O8. The zero-order valence-corrected chi connectivity index (χ0v) is 25.1. The highest BCUT2D eigenvalue weighted by molar-refractivity contribution is 6.02. The molecule has 1 saturated carbocycles. The maximum Gasteiger partial charge on any atom is 0.313 e. The number of carbonyl (C=O) groups excluding carboxylic acids is 2. The molecule has 0 saturated heterocycles. The van der Waals surface area contributed by atoms with Crippen LogP contribution in [0.1, 0.15) is 24.0 Å². The summed E-state index contributed by atoms with van der Waals surface area (Å²) in [7, 11) is 4.26. The summed E-state index contributed by atoms with van der Waals surface area (Å²) in [6.45, 7) is 1.04. The van der Waals surface area contributed by atoms with Crippen molar-refractivity contribution in [2.45, 2.75) is 18.9 Å². The van der Waals surface area contributed by atoms with Crippen molar-refractivity contribution in [2.24, 2.45) is 22.6 Å². The Balaban J connectivity index is 1.47. The zero-order valence-electron chi connectivity index (χ0n) is 25.1. The van der Waals surface area contributed by atoms with Gasteiger partial charge in [0.15, 0.2) is 17.3 Å². The number of nitrogens with one attached hydrogen (secondary N) is 1. The van der Waals surface area contributed by atoms with Crippen LogP contribution in [0.25, 0.3) is 0 Å². The highest BCUT2D eigenvalue weighted by Gasteiger charge is 2.47. The summed E-state index contributed by atoms with van der Waals surface area (Å²) in [4.78, 5) is 35.0. The van der Waals surface area contributed by atoms with Gasteiger partial charge in [0.05, 0.1) is 38.4 Å². The summed E-state index contributed by atoms with van der Waals surface area (Å²) in [6, 6.07) is 8.26. The molecule has 2 aliphatic rings. The van der Waals surface area contributed by atoms with Crippen molar-refractivity contribution in [3.8, 4) is 34.6 Å². The van der Waals surface area contributed by atoms with Crippen molar-refractivity contribution in [3.05, 3.63) is 65.4 Å². The number of amidine groups is 2. The molecule has 1 fully saturated rings. The minimum Gasteiger partial charge on any atom is -0.504 e. The smallest absolute Gasteiger partial charge is 0.313 e. The van der Waals surface area contributed by atoms with E-state index < -0.39 is 58.9 Å². The van der Waals surface area contributed by atoms with Crippen molar-refractivity contribution in [1.82, 2.24) is 9.88 Å². The van der Waals surface area contributed by atoms with Crippen molar-refractivity contribution in [3.63, 3.8) is 0 Å². The third kappa shape index (κ3) is 6.34. The summed E-state index contributed by atoms with van der Waals surface area (Å²) in [5.74, 6) is -7.02. The van der Waals surface area contributed by atoms with Crippen LogP contribution in [0.5, 0.6) is 34.6 Å². The van der Waals surface area contributed by atoms with Gasteiger partial charge in [-0.3, -0.25) is 20.0 Å². The number of nitrogens with two attached hydrogens (primary N) is 1. The summed E-state index contributed by atoms with van der Waals surface area (Å²) < 4.78 is 57.9. The summed E-state index contributed by atoms with van der Waals surface area (Å²) in [5.41, 5.74) is 6.02. The van der Waals surface area contributed by atoms with Gasteiger partial charge < -0.3 is 39.4 Å². The normalized spacial score (nSPS) is 18.9. The number of halogens is 2. The number of hydrogen-bond acceptors (Lipinski definition) is 12. The van der Waals surface area contributed by atoms with E-state index in [0.717, 1.165) is 0 Å². The maximum atomic E-state index is 15.7. The van der Waals surface area contributed by atoms with E-state index in [-0.39, 0.29) is 28.6 Å². The lowest BCUT2D eigenvalue weighted by Crippen LogP contribution is -2.36. The number of aliphatic imine (C=N–C) groups is 1. The van der Waals surface area contributed by atoms with E-state index in [9.17, 15) is 19.1 Å². The minimum absolute atomic E-state index is 0.0135. The molecule has 3 aromatic rings. The molecule has 0 radical (unpaired) electrons. The van der Waals surface area contributed by atoms with Crippen molar-refractivity contribution in [1.29, 1.82) is 5.41 Å². The molecule has 0 bridgehead atoms. The standard InChI is InChI=1S/C31H31F2N5O8/c1-38-11-10-36-28(38)18-13-16(44-22-9-6-17(30(40)42-2)24(22)31(41)43-3)5-8-21(18)45-26-19(32)14-37-29(25(26)33)46-23-12-15(27(34)35)4-7-20(23)39/h4-5,7-8,12-14,17,22,24,39H,6,9-11H2,1-3H3,(H3,34,35). The van der Waals surface area contributed by atoms with Gasteiger partial charge in [-0.1, -0.05) is 0 Å². The number of nitrogens with zero attached hydrogens (tertiary/aromatic N) is 3. The summed E-state index contributed by atoms with van der Waals surface area (Å²) in [6.07, 6.45) is 0.699. The van der Waals surface area contributed by atoms with Crippen LogP contribution < -0.4 is 19.9 Å². The van der Waals surface area contributed by atoms with Gasteiger partial charge in [0, 0.05) is 19.2 Å². The quantitative estimate of drug-likeness (QED) is 0.167. The van der Waals surface area contributed by atoms with Crippen LogP contribution in [0.15, 0.2) is 47.6 Å². The topological polar surface area (TPSA) is 179 Å². The molecule has 46 heavy (non-hydrogen) atoms. The number of hydrogen-bond donors (Lipinski definition) is 3. The predicted octanol–water partition coefficient (Wildman–Crippen LogP) is 3.75. The molecule has 15 heteroatoms. The molecule has 3 atom stereocenters. The molecule has 5 rings (SSSR count). The fourth-order valence-corrected chi connectivity index (χ4v) is 5.38. The van der Waals surface area contributed by atoms with Crippen LogP contribution in [-0.4, -0.2) is 79.1 Å². The molecule has 13 nitrogen and oxygen atoms in total. The van der Waals surface area contributed by atoms with E-state index in [0.29, 0.717) is 43.5 Å². The number of pyridine rings is 1. The number of methoxy groups -OCH3 is 2. The number of rotatable bonds is 10. The Kier molecular flexibility index (Phi) is 9.21. The van der Waals surface area contributed by atoms with Crippen LogP contribution in [0.2, 0.25) is 0 Å². The number of aromatic nitrogens is 1. The predicted molar refractivity (Wildman–Crippen MR) is 159 cm³/mol. The largest absolute Gasteiger partial charge is 0.504 e. The van der Waals surface area contributed by atoms with Gasteiger partial charge in [0.2, 0.25) is 11.6 Å². The average Bonchev–Trinajstić information content (AvgIpc) is 3.67. The number of ether oxygens (including phenoxy) is 5. The first-order chi connectivity index (χ1) is 22.0. The Labute approximate surface area is 262 Å². The van der Waals surface area contributed by atoms with E-state index in [4.69, 9.17) is 34.8 Å². The SMILES string of the molecule is COC(=O)C1CCC(Oc2ccc(Oc3c(F)cnc(Oc4cc(C(=N)N)ccc4O)c3F)c(C3=NCCN3C)c2)C1C(=O)OC. The molecule has 3 unspecified atom stereocenters. The van der Waals surface area contributed by atoms with E-state index in [1.807, 2.05) is 4.90 Å². The first-order valence-electron chi connectivity index (χ1n) is 14.1. The molecule has 2 heterocycles. The first-order valence-corrected chi connectivity index (χ1v) is 14.1. The third-order valence-electron chi connectivity index (χ3n) is 7.70. The van der Waals surface area contributed by atoms with Gasteiger partial charge in [-0.05, 0) is 49.2 Å². The molecule has 0 spiro atoms. The lowest BCUT2D eigenvalue weighted by Gasteiger charge is -2.23. The van der Waals surface area contributed by atoms with Crippen molar-refractivity contribution < 1.29 is 47.2 Å². The van der Waals surface area contributed by atoms with Crippen LogP contribution in [0, 0.1) is 28.9 Å². The second-order valence-electron chi connectivity index (χ2n) is 10.6. The summed E-state index contributed by atoms with van der Waals surface area (Å²) >= 11 is 0. The number of carbonyl (C=O) groups is 2. The molecule has 1 aliphatic heterocycles. The molecular weight excluding hydrogens is 608 g/mol. The number of likely N-dealkylation sites (N-methyl/N-ethyl adjacent to an activating group) is 1. The van der Waals surface area contributed by atoms with Gasteiger partial charge in [0.25, 0.3) is 5.88 Å². The van der Waals surface area contributed by atoms with Crippen LogP contribution in [0.4, 0.5) is 8.78 Å². The molecule has 1 aliphatic carbocycles. The van der Waals surface area contributed by atoms with Crippen LogP contribution in [0.3, 0.4) is 0 Å². The maximum absolute atomic E-state index is 15.7. The number of aromatic hydroxyl groups is 1. The Morgan fingerprint density at radius 1 is 1.04 bits per heavy atom. The summed E-state index contributed by atoms with van der Waals surface area (Å²) in [5, 5.41) is 17.8. The lowest BCUT2D eigenvalue weighted by molar-refractivity contribution is -0.158. The second kappa shape index (κ2) is 13.3. The van der Waals surface area contributed by atoms with E-state index >= 15 is 4.39 Å². The Morgan fingerprint density at radius 3 is 2.48 bits per heavy atom. The highest BCUT2D eigenvalue weighted by atomic mass is 19.1. The monoisotopic (exact) mass is 639 g/mol. The number of phenols is 1. The van der Waals surface area contributed by atoms with E-state index in [1.165, 1.54) is 44.6 Å². The van der Waals surface area contributed by atoms with Crippen molar-refractivity contribution >= 4 is 23.6 Å². The van der Waals surface area contributed by atoms with Crippen molar-refractivity contribution in [2.75, 3.05) is 34.4 Å². The van der Waals surface area contributed by atoms with Crippen LogP contribution in [-0.2, 0) is 19.1 Å². The fourth-order valence-electron chi connectivity index (χ4n) is 5.38. The Bertz CT molecular complexity index is 1720. The van der Waals surface area contributed by atoms with Crippen LogP contribution >= 0.6 is 0 Å². The van der Waals surface area contributed by atoms with Gasteiger partial charge >= 0.3 is 11.9 Å². The lowest BCUT2D eigenvalue weighted by atomic mass is 9.95. The molecule has 242 valence electrons. The first kappa shape index (κ1) is 31.9. The second-order valence-corrected chi connectivity index (χ2v) is 10.6. The third-order valence-corrected chi connectivity index (χ3v) is 7.70. The van der Waals surface area contributed by atoms with Gasteiger partial charge in [-0.15, -0.1) is 0 Å². The zero-order chi connectivity index (χ0) is 33.1. The molecule has 4 N–H and O–H groups in total. The number of nitrogen functional groups attached to an aromatic ring is 1. The molecule has 1 aromatic heterocycles. The number of phenolic OH excluding ortho intramolecular Hbond substituents is 1. The Morgan fingerprint density at radius 2 is 1.80 bits per heavy atom. The fraction of sp³-hybridized carbons (Fsp3) is 0.323. The van der Waals surface area contributed by atoms with Gasteiger partial charge in [-0.2, -0.15) is 4.39 Å². The molecule has 2 aromatic carbocycles.